The number of hydrogen-bond acceptors (Lipinski definition) is 4. The number of carbonyl (C=O) groups is 2. The van der Waals surface area contributed by atoms with Crippen molar-refractivity contribution in [1.29, 1.82) is 0 Å². The first-order valence-electron chi connectivity index (χ1n) is 6.80. The van der Waals surface area contributed by atoms with E-state index in [2.05, 4.69) is 10.3 Å². The van der Waals surface area contributed by atoms with E-state index in [9.17, 15) is 9.59 Å². The first kappa shape index (κ1) is 14.6. The zero-order chi connectivity index (χ0) is 15.7. The number of nitrogens with one attached hydrogen (secondary N) is 1. The lowest BCUT2D eigenvalue weighted by Gasteiger charge is -2.36. The Labute approximate surface area is 132 Å². The summed E-state index contributed by atoms with van der Waals surface area (Å²) in [5.41, 5.74) is 1.40. The quantitative estimate of drug-likeness (QED) is 0.866. The van der Waals surface area contributed by atoms with Gasteiger partial charge in [0.25, 0.3) is 5.91 Å². The Morgan fingerprint density at radius 1 is 1.27 bits per heavy atom. The highest BCUT2D eigenvalue weighted by molar-refractivity contribution is 8.02. The lowest BCUT2D eigenvalue weighted by molar-refractivity contribution is -0.128. The molecule has 0 aliphatic carbocycles. The molecule has 2 heterocycles. The van der Waals surface area contributed by atoms with Gasteiger partial charge in [-0.1, -0.05) is 23.9 Å². The van der Waals surface area contributed by atoms with Crippen LogP contribution in [0, 0.1) is 0 Å². The summed E-state index contributed by atoms with van der Waals surface area (Å²) in [5, 5.41) is 2.76. The van der Waals surface area contributed by atoms with Crippen LogP contribution in [0.2, 0.25) is 0 Å². The number of hydrogen-bond donors (Lipinski definition) is 1. The van der Waals surface area contributed by atoms with Crippen molar-refractivity contribution in [3.63, 3.8) is 0 Å². The van der Waals surface area contributed by atoms with E-state index >= 15 is 0 Å². The molecule has 112 valence electrons. The van der Waals surface area contributed by atoms with Gasteiger partial charge < -0.3 is 10.2 Å². The third-order valence-corrected chi connectivity index (χ3v) is 4.94. The topological polar surface area (TPSA) is 62.3 Å². The van der Waals surface area contributed by atoms with Crippen molar-refractivity contribution < 1.29 is 9.59 Å². The number of nitrogens with zero attached hydrogens (tertiary/aromatic N) is 2. The fraction of sp³-hybridized carbons (Fsp3) is 0.188. The van der Waals surface area contributed by atoms with Gasteiger partial charge in [0.15, 0.2) is 4.75 Å². The van der Waals surface area contributed by atoms with E-state index in [4.69, 9.17) is 0 Å². The second-order valence-electron chi connectivity index (χ2n) is 5.16. The fourth-order valence-corrected chi connectivity index (χ4v) is 3.61. The van der Waals surface area contributed by atoms with Gasteiger partial charge in [-0.25, -0.2) is 0 Å². The van der Waals surface area contributed by atoms with Crippen molar-refractivity contribution in [3.05, 3.63) is 48.8 Å². The molecule has 0 spiro atoms. The second-order valence-corrected chi connectivity index (χ2v) is 6.62. The number of anilines is 2. The maximum Gasteiger partial charge on any atom is 0.252 e. The van der Waals surface area contributed by atoms with Crippen molar-refractivity contribution >= 4 is 35.0 Å². The Morgan fingerprint density at radius 2 is 2.05 bits per heavy atom. The van der Waals surface area contributed by atoms with Crippen LogP contribution in [0.15, 0.2) is 53.7 Å². The number of benzene rings is 1. The highest BCUT2D eigenvalue weighted by atomic mass is 32.2. The van der Waals surface area contributed by atoms with Crippen LogP contribution in [-0.2, 0) is 9.59 Å². The monoisotopic (exact) mass is 313 g/mol. The second kappa shape index (κ2) is 5.46. The van der Waals surface area contributed by atoms with Gasteiger partial charge in [0.1, 0.15) is 0 Å². The number of para-hydroxylation sites is 1. The summed E-state index contributed by atoms with van der Waals surface area (Å²) >= 11 is 1.27. The van der Waals surface area contributed by atoms with Gasteiger partial charge in [0, 0.05) is 18.1 Å². The molecule has 1 aliphatic rings. The molecule has 0 bridgehead atoms. The van der Waals surface area contributed by atoms with E-state index in [1.165, 1.54) is 16.7 Å². The van der Waals surface area contributed by atoms with Crippen molar-refractivity contribution in [3.8, 4) is 0 Å². The molecule has 1 atom stereocenters. The van der Waals surface area contributed by atoms with Crippen LogP contribution in [0.3, 0.4) is 0 Å². The molecule has 0 radical (unpaired) electrons. The van der Waals surface area contributed by atoms with E-state index in [0.717, 1.165) is 10.6 Å². The van der Waals surface area contributed by atoms with Crippen molar-refractivity contribution in [2.45, 2.75) is 16.6 Å². The maximum atomic E-state index is 12.7. The van der Waals surface area contributed by atoms with Crippen molar-refractivity contribution in [2.75, 3.05) is 17.3 Å². The standard InChI is InChI=1S/C16H15N3O2S/c1-16(14(20)18-11-6-5-9-17-10-11)15(21)19(2)12-7-3-4-8-13(12)22-16/h3-10H,1-2H3,(H,18,20). The molecule has 1 aromatic heterocycles. The number of fused-ring (bicyclic) bond motifs is 1. The average molecular weight is 313 g/mol. The van der Waals surface area contributed by atoms with Crippen LogP contribution >= 0.6 is 11.8 Å². The van der Waals surface area contributed by atoms with E-state index in [1.807, 2.05) is 24.3 Å². The third-order valence-electron chi connectivity index (χ3n) is 3.61. The maximum absolute atomic E-state index is 12.7. The minimum absolute atomic E-state index is 0.238. The minimum Gasteiger partial charge on any atom is -0.323 e. The van der Waals surface area contributed by atoms with Gasteiger partial charge in [-0.15, -0.1) is 0 Å². The van der Waals surface area contributed by atoms with Crippen LogP contribution in [-0.4, -0.2) is 28.6 Å². The fourth-order valence-electron chi connectivity index (χ4n) is 2.34. The van der Waals surface area contributed by atoms with E-state index in [0.29, 0.717) is 5.69 Å². The molecule has 1 unspecified atom stereocenters. The molecule has 5 nitrogen and oxygen atoms in total. The normalized spacial score (nSPS) is 20.5. The van der Waals surface area contributed by atoms with Gasteiger partial charge in [-0.2, -0.15) is 0 Å². The predicted octanol–water partition coefficient (Wildman–Crippen LogP) is 2.55. The molecule has 2 amide bonds. The molecule has 1 aliphatic heterocycles. The van der Waals surface area contributed by atoms with Crippen molar-refractivity contribution in [1.82, 2.24) is 4.98 Å². The Morgan fingerprint density at radius 3 is 2.77 bits per heavy atom. The van der Waals surface area contributed by atoms with Crippen molar-refractivity contribution in [2.24, 2.45) is 0 Å². The van der Waals surface area contributed by atoms with E-state index in [-0.39, 0.29) is 11.8 Å². The molecule has 2 aromatic rings. The summed E-state index contributed by atoms with van der Waals surface area (Å²) in [7, 11) is 1.69. The van der Waals surface area contributed by atoms with Crippen LogP contribution in [0.4, 0.5) is 11.4 Å². The zero-order valence-corrected chi connectivity index (χ0v) is 13.1. The Hall–Kier alpha value is -2.34. The lowest BCUT2D eigenvalue weighted by atomic mass is 10.1. The van der Waals surface area contributed by atoms with Gasteiger partial charge in [0.05, 0.1) is 17.6 Å². The van der Waals surface area contributed by atoms with Gasteiger partial charge in [0.2, 0.25) is 5.91 Å². The van der Waals surface area contributed by atoms with E-state index < -0.39 is 4.75 Å². The number of amides is 2. The summed E-state index contributed by atoms with van der Waals surface area (Å²) in [4.78, 5) is 31.7. The smallest absolute Gasteiger partial charge is 0.252 e. The summed E-state index contributed by atoms with van der Waals surface area (Å²) in [6.45, 7) is 1.65. The largest absolute Gasteiger partial charge is 0.323 e. The molecule has 1 aromatic carbocycles. The van der Waals surface area contributed by atoms with E-state index in [1.54, 1.807) is 38.5 Å². The summed E-state index contributed by atoms with van der Waals surface area (Å²) < 4.78 is -1.21. The minimum atomic E-state index is -1.21. The zero-order valence-electron chi connectivity index (χ0n) is 12.2. The average Bonchev–Trinajstić information content (AvgIpc) is 2.54. The Bertz CT molecular complexity index is 735. The number of aromatic nitrogens is 1. The molecule has 1 N–H and O–H groups in total. The molecular weight excluding hydrogens is 298 g/mol. The molecule has 0 fully saturated rings. The highest BCUT2D eigenvalue weighted by Gasteiger charge is 2.48. The summed E-state index contributed by atoms with van der Waals surface area (Å²) in [6, 6.07) is 11.0. The van der Waals surface area contributed by atoms with Crippen LogP contribution in [0.25, 0.3) is 0 Å². The number of thioether (sulfide) groups is 1. The molecule has 6 heteroatoms. The Balaban J connectivity index is 1.92. The highest BCUT2D eigenvalue weighted by Crippen LogP contribution is 2.45. The van der Waals surface area contributed by atoms with Crippen LogP contribution < -0.4 is 10.2 Å². The molecule has 22 heavy (non-hydrogen) atoms. The lowest BCUT2D eigenvalue weighted by Crippen LogP contribution is -2.53. The third kappa shape index (κ3) is 2.35. The number of rotatable bonds is 2. The molecule has 0 saturated heterocycles. The molecule has 3 rings (SSSR count). The first-order chi connectivity index (χ1) is 10.5. The predicted molar refractivity (Wildman–Crippen MR) is 87.0 cm³/mol. The SMILES string of the molecule is CN1C(=O)C(C)(C(=O)Nc2cccnc2)Sc2ccccc21. The number of carbonyl (C=O) groups excluding carboxylic acids is 2. The van der Waals surface area contributed by atoms with Crippen LogP contribution in [0.5, 0.6) is 0 Å². The first-order valence-corrected chi connectivity index (χ1v) is 7.62. The van der Waals surface area contributed by atoms with Gasteiger partial charge in [-0.3, -0.25) is 14.6 Å². The molecule has 0 saturated carbocycles. The summed E-state index contributed by atoms with van der Waals surface area (Å²) in [5.74, 6) is -0.588. The Kier molecular flexibility index (Phi) is 3.62. The molecular formula is C16H15N3O2S. The van der Waals surface area contributed by atoms with Gasteiger partial charge >= 0.3 is 0 Å². The summed E-state index contributed by atoms with van der Waals surface area (Å²) in [6.07, 6.45) is 3.18. The van der Waals surface area contributed by atoms with Crippen LogP contribution in [0.1, 0.15) is 6.92 Å². The number of pyridine rings is 1. The van der Waals surface area contributed by atoms with Gasteiger partial charge in [-0.05, 0) is 31.2 Å².